The van der Waals surface area contributed by atoms with E-state index in [0.717, 1.165) is 5.56 Å². The fourth-order valence-electron chi connectivity index (χ4n) is 1.60. The molecular weight excluding hydrogens is 230 g/mol. The number of esters is 1. The molecule has 1 aromatic carbocycles. The fraction of sp³-hybridized carbons (Fsp3) is 0.143. The van der Waals surface area contributed by atoms with Crippen molar-refractivity contribution in [2.45, 2.75) is 6.92 Å². The smallest absolute Gasteiger partial charge is 0.338 e. The number of carbonyl (C=O) groups is 1. The Bertz CT molecular complexity index is 566. The molecule has 0 bridgehead atoms. The molecule has 2 aromatic rings. The van der Waals surface area contributed by atoms with E-state index in [4.69, 9.17) is 4.74 Å². The summed E-state index contributed by atoms with van der Waals surface area (Å²) in [6.07, 6.45) is 1.55. The van der Waals surface area contributed by atoms with Crippen LogP contribution in [0.2, 0.25) is 0 Å². The third-order valence-electron chi connectivity index (χ3n) is 2.41. The lowest BCUT2D eigenvalue weighted by atomic mass is 10.1. The Morgan fingerprint density at radius 2 is 2.17 bits per heavy atom. The number of hydrogen-bond donors (Lipinski definition) is 1. The number of ether oxygens (including phenoxy) is 1. The molecule has 0 aliphatic carbocycles. The first kappa shape index (κ1) is 12.1. The highest BCUT2D eigenvalue weighted by atomic mass is 16.5. The molecule has 0 radical (unpaired) electrons. The first-order valence-corrected chi connectivity index (χ1v) is 5.63. The molecule has 2 rings (SSSR count). The molecular formula is C14H13NO3. The highest BCUT2D eigenvalue weighted by Crippen LogP contribution is 2.22. The van der Waals surface area contributed by atoms with Crippen molar-refractivity contribution >= 4 is 5.97 Å². The molecule has 0 aliphatic heterocycles. The second-order valence-electron chi connectivity index (χ2n) is 3.70. The first-order valence-electron chi connectivity index (χ1n) is 5.63. The number of pyridine rings is 1. The third-order valence-corrected chi connectivity index (χ3v) is 2.41. The Balaban J connectivity index is 2.35. The van der Waals surface area contributed by atoms with Crippen molar-refractivity contribution in [1.29, 1.82) is 0 Å². The standard InChI is InChI=1S/C14H13NO3/c1-2-18-14(17)11-6-7-15-13(9-11)10-4-3-5-12(16)8-10/h3-9,16H,2H2,1H3. The lowest BCUT2D eigenvalue weighted by Gasteiger charge is -2.05. The molecule has 0 spiro atoms. The zero-order chi connectivity index (χ0) is 13.0. The number of nitrogens with zero attached hydrogens (tertiary/aromatic N) is 1. The molecule has 0 aliphatic rings. The molecule has 0 amide bonds. The first-order chi connectivity index (χ1) is 8.70. The van der Waals surface area contributed by atoms with Crippen molar-refractivity contribution in [3.8, 4) is 17.0 Å². The summed E-state index contributed by atoms with van der Waals surface area (Å²) >= 11 is 0. The normalized spacial score (nSPS) is 10.1. The van der Waals surface area contributed by atoms with Crippen LogP contribution in [0.3, 0.4) is 0 Å². The summed E-state index contributed by atoms with van der Waals surface area (Å²) in [6, 6.07) is 9.97. The van der Waals surface area contributed by atoms with Crippen molar-refractivity contribution in [2.75, 3.05) is 6.61 Å². The Labute approximate surface area is 105 Å². The summed E-state index contributed by atoms with van der Waals surface area (Å²) in [5, 5.41) is 9.42. The topological polar surface area (TPSA) is 59.4 Å². The predicted molar refractivity (Wildman–Crippen MR) is 67.3 cm³/mol. The molecule has 92 valence electrons. The van der Waals surface area contributed by atoms with Gasteiger partial charge in [-0.05, 0) is 31.2 Å². The number of hydrogen-bond acceptors (Lipinski definition) is 4. The lowest BCUT2D eigenvalue weighted by molar-refractivity contribution is 0.0526. The molecule has 1 N–H and O–H groups in total. The van der Waals surface area contributed by atoms with Crippen LogP contribution in [0.15, 0.2) is 42.6 Å². The van der Waals surface area contributed by atoms with Crippen LogP contribution < -0.4 is 0 Å². The molecule has 0 saturated carbocycles. The molecule has 4 nitrogen and oxygen atoms in total. The average molecular weight is 243 g/mol. The maximum atomic E-state index is 11.6. The van der Waals surface area contributed by atoms with Gasteiger partial charge in [-0.1, -0.05) is 12.1 Å². The molecule has 0 unspecified atom stereocenters. The van der Waals surface area contributed by atoms with Crippen LogP contribution in [0, 0.1) is 0 Å². The molecule has 0 atom stereocenters. The molecule has 1 aromatic heterocycles. The van der Waals surface area contributed by atoms with Gasteiger partial charge in [0.15, 0.2) is 0 Å². The van der Waals surface area contributed by atoms with Gasteiger partial charge in [0, 0.05) is 11.8 Å². The van der Waals surface area contributed by atoms with Crippen LogP contribution in [0.1, 0.15) is 17.3 Å². The van der Waals surface area contributed by atoms with E-state index in [1.54, 1.807) is 43.5 Å². The van der Waals surface area contributed by atoms with Gasteiger partial charge >= 0.3 is 5.97 Å². The van der Waals surface area contributed by atoms with Gasteiger partial charge in [-0.3, -0.25) is 4.98 Å². The van der Waals surface area contributed by atoms with Gasteiger partial charge in [0.2, 0.25) is 0 Å². The summed E-state index contributed by atoms with van der Waals surface area (Å²) in [6.45, 7) is 2.10. The summed E-state index contributed by atoms with van der Waals surface area (Å²) in [5.41, 5.74) is 1.82. The Hall–Kier alpha value is -2.36. The minimum absolute atomic E-state index is 0.163. The van der Waals surface area contributed by atoms with Gasteiger partial charge in [0.25, 0.3) is 0 Å². The monoisotopic (exact) mass is 243 g/mol. The number of aromatic nitrogens is 1. The number of benzene rings is 1. The van der Waals surface area contributed by atoms with Crippen LogP contribution in [-0.2, 0) is 4.74 Å². The summed E-state index contributed by atoms with van der Waals surface area (Å²) in [5.74, 6) is -0.211. The Morgan fingerprint density at radius 1 is 1.33 bits per heavy atom. The van der Waals surface area contributed by atoms with Crippen LogP contribution >= 0.6 is 0 Å². The molecule has 4 heteroatoms. The van der Waals surface area contributed by atoms with Crippen molar-refractivity contribution in [3.63, 3.8) is 0 Å². The quantitative estimate of drug-likeness (QED) is 0.842. The van der Waals surface area contributed by atoms with Crippen LogP contribution in [0.4, 0.5) is 0 Å². The average Bonchev–Trinajstić information content (AvgIpc) is 2.39. The maximum absolute atomic E-state index is 11.6. The number of aromatic hydroxyl groups is 1. The van der Waals surface area contributed by atoms with Crippen LogP contribution in [0.5, 0.6) is 5.75 Å². The molecule has 1 heterocycles. The summed E-state index contributed by atoms with van der Waals surface area (Å²) in [4.78, 5) is 15.8. The van der Waals surface area contributed by atoms with Gasteiger partial charge in [0.1, 0.15) is 5.75 Å². The molecule has 18 heavy (non-hydrogen) atoms. The van der Waals surface area contributed by atoms with Gasteiger partial charge in [0.05, 0.1) is 17.9 Å². The maximum Gasteiger partial charge on any atom is 0.338 e. The Morgan fingerprint density at radius 3 is 2.89 bits per heavy atom. The van der Waals surface area contributed by atoms with Gasteiger partial charge < -0.3 is 9.84 Å². The fourth-order valence-corrected chi connectivity index (χ4v) is 1.60. The lowest BCUT2D eigenvalue weighted by Crippen LogP contribution is -2.04. The summed E-state index contributed by atoms with van der Waals surface area (Å²) in [7, 11) is 0. The van der Waals surface area contributed by atoms with Crippen molar-refractivity contribution < 1.29 is 14.6 Å². The highest BCUT2D eigenvalue weighted by Gasteiger charge is 2.08. The van der Waals surface area contributed by atoms with Gasteiger partial charge in [-0.25, -0.2) is 4.79 Å². The number of phenols is 1. The van der Waals surface area contributed by atoms with E-state index < -0.39 is 0 Å². The van der Waals surface area contributed by atoms with Crippen molar-refractivity contribution in [3.05, 3.63) is 48.2 Å². The third kappa shape index (κ3) is 2.66. The van der Waals surface area contributed by atoms with Crippen molar-refractivity contribution in [2.24, 2.45) is 0 Å². The minimum atomic E-state index is -0.374. The van der Waals surface area contributed by atoms with E-state index in [2.05, 4.69) is 4.98 Å². The van der Waals surface area contributed by atoms with Gasteiger partial charge in [-0.2, -0.15) is 0 Å². The van der Waals surface area contributed by atoms with Gasteiger partial charge in [-0.15, -0.1) is 0 Å². The van der Waals surface area contributed by atoms with E-state index in [1.165, 1.54) is 0 Å². The Kier molecular flexibility index (Phi) is 3.57. The predicted octanol–water partition coefficient (Wildman–Crippen LogP) is 2.63. The van der Waals surface area contributed by atoms with E-state index in [-0.39, 0.29) is 11.7 Å². The largest absolute Gasteiger partial charge is 0.508 e. The molecule has 0 saturated heterocycles. The SMILES string of the molecule is CCOC(=O)c1ccnc(-c2cccc(O)c2)c1. The number of rotatable bonds is 3. The highest BCUT2D eigenvalue weighted by molar-refractivity contribution is 5.90. The zero-order valence-corrected chi connectivity index (χ0v) is 9.96. The molecule has 0 fully saturated rings. The van der Waals surface area contributed by atoms with E-state index in [0.29, 0.717) is 17.9 Å². The minimum Gasteiger partial charge on any atom is -0.508 e. The van der Waals surface area contributed by atoms with Crippen LogP contribution in [0.25, 0.3) is 11.3 Å². The number of phenolic OH excluding ortho intramolecular Hbond substituents is 1. The van der Waals surface area contributed by atoms with Crippen molar-refractivity contribution in [1.82, 2.24) is 4.98 Å². The van der Waals surface area contributed by atoms with Crippen LogP contribution in [-0.4, -0.2) is 22.7 Å². The number of carbonyl (C=O) groups excluding carboxylic acids is 1. The van der Waals surface area contributed by atoms with E-state index in [9.17, 15) is 9.90 Å². The van der Waals surface area contributed by atoms with E-state index in [1.807, 2.05) is 6.07 Å². The van der Waals surface area contributed by atoms with E-state index >= 15 is 0 Å². The summed E-state index contributed by atoms with van der Waals surface area (Å²) < 4.78 is 4.93. The second kappa shape index (κ2) is 5.31. The second-order valence-corrected chi connectivity index (χ2v) is 3.70. The zero-order valence-electron chi connectivity index (χ0n) is 9.96.